The Morgan fingerprint density at radius 1 is 1.19 bits per heavy atom. The van der Waals surface area contributed by atoms with Crippen LogP contribution in [-0.4, -0.2) is 41.6 Å². The van der Waals surface area contributed by atoms with E-state index in [1.54, 1.807) is 6.92 Å². The first-order valence-electron chi connectivity index (χ1n) is 7.01. The van der Waals surface area contributed by atoms with Crippen LogP contribution < -0.4 is 11.1 Å². The summed E-state index contributed by atoms with van der Waals surface area (Å²) in [5.41, 5.74) is 5.09. The van der Waals surface area contributed by atoms with Crippen molar-refractivity contribution in [1.82, 2.24) is 10.2 Å². The van der Waals surface area contributed by atoms with Crippen LogP contribution in [0.3, 0.4) is 0 Å². The Kier molecular flexibility index (Phi) is 6.58. The molecule has 4 amide bonds. The molecule has 7 nitrogen and oxygen atoms in total. The van der Waals surface area contributed by atoms with Gasteiger partial charge in [0.05, 0.1) is 5.92 Å². The highest BCUT2D eigenvalue weighted by Crippen LogP contribution is 2.07. The van der Waals surface area contributed by atoms with Crippen molar-refractivity contribution in [3.8, 4) is 0 Å². The molecule has 0 aromatic rings. The smallest absolute Gasteiger partial charge is 0.253 e. The summed E-state index contributed by atoms with van der Waals surface area (Å²) in [6.45, 7) is 2.28. The third-order valence-corrected chi connectivity index (χ3v) is 3.28. The number of primary amides is 1. The zero-order valence-corrected chi connectivity index (χ0v) is 12.1. The van der Waals surface area contributed by atoms with Crippen LogP contribution in [0, 0.1) is 5.92 Å². The summed E-state index contributed by atoms with van der Waals surface area (Å²) in [5.74, 6) is -1.51. The number of nitrogens with two attached hydrogens (primary N) is 1. The van der Waals surface area contributed by atoms with Crippen molar-refractivity contribution in [2.24, 2.45) is 11.7 Å². The molecule has 0 aliphatic carbocycles. The van der Waals surface area contributed by atoms with Gasteiger partial charge in [-0.25, -0.2) is 0 Å². The summed E-state index contributed by atoms with van der Waals surface area (Å²) in [5, 5.41) is 2.64. The van der Waals surface area contributed by atoms with Gasteiger partial charge in [0.2, 0.25) is 11.8 Å². The van der Waals surface area contributed by atoms with Gasteiger partial charge in [0, 0.05) is 31.7 Å². The minimum absolute atomic E-state index is 0.127. The van der Waals surface area contributed by atoms with Crippen molar-refractivity contribution in [3.63, 3.8) is 0 Å². The van der Waals surface area contributed by atoms with E-state index in [2.05, 4.69) is 5.32 Å². The number of nitrogens with zero attached hydrogens (tertiary/aromatic N) is 1. The number of hydrogen-bond donors (Lipinski definition) is 2. The molecule has 1 rings (SSSR count). The number of nitrogens with one attached hydrogen (secondary N) is 1. The number of amides is 4. The second kappa shape index (κ2) is 8.18. The summed E-state index contributed by atoms with van der Waals surface area (Å²) in [7, 11) is 0. The lowest BCUT2D eigenvalue weighted by atomic mass is 10.1. The molecule has 1 aliphatic heterocycles. The fourth-order valence-corrected chi connectivity index (χ4v) is 1.84. The van der Waals surface area contributed by atoms with Crippen LogP contribution in [0.4, 0.5) is 0 Å². The summed E-state index contributed by atoms with van der Waals surface area (Å²) in [6.07, 6.45) is 4.96. The maximum absolute atomic E-state index is 11.5. The number of carbonyl (C=O) groups is 4. The Labute approximate surface area is 123 Å². The van der Waals surface area contributed by atoms with Crippen LogP contribution in [0.25, 0.3) is 0 Å². The maximum Gasteiger partial charge on any atom is 0.253 e. The molecule has 1 atom stereocenters. The lowest BCUT2D eigenvalue weighted by Gasteiger charge is -2.13. The molecule has 7 heteroatoms. The molecule has 0 unspecified atom stereocenters. The minimum Gasteiger partial charge on any atom is -0.369 e. The van der Waals surface area contributed by atoms with E-state index in [0.29, 0.717) is 25.8 Å². The predicted octanol–water partition coefficient (Wildman–Crippen LogP) is -0.291. The Bertz CT molecular complexity index is 441. The van der Waals surface area contributed by atoms with Gasteiger partial charge in [-0.2, -0.15) is 0 Å². The van der Waals surface area contributed by atoms with Crippen molar-refractivity contribution in [2.45, 2.75) is 32.6 Å². The van der Waals surface area contributed by atoms with E-state index in [1.165, 1.54) is 17.1 Å². The van der Waals surface area contributed by atoms with Gasteiger partial charge < -0.3 is 11.1 Å². The Hall–Kier alpha value is -2.18. The SMILES string of the molecule is C[C@H](CNC(=O)CCCCCN1C(=O)C=CC1=O)C(N)=O. The number of imide groups is 1. The van der Waals surface area contributed by atoms with Crippen LogP contribution in [0.15, 0.2) is 12.2 Å². The average molecular weight is 295 g/mol. The molecular formula is C14H21N3O4. The predicted molar refractivity (Wildman–Crippen MR) is 75.7 cm³/mol. The van der Waals surface area contributed by atoms with Crippen LogP contribution in [0.1, 0.15) is 32.6 Å². The first-order valence-corrected chi connectivity index (χ1v) is 7.01. The molecule has 0 aromatic heterocycles. The number of unbranched alkanes of at least 4 members (excludes halogenated alkanes) is 2. The van der Waals surface area contributed by atoms with Crippen LogP contribution in [0.2, 0.25) is 0 Å². The maximum atomic E-state index is 11.5. The van der Waals surface area contributed by atoms with Gasteiger partial charge >= 0.3 is 0 Å². The fourth-order valence-electron chi connectivity index (χ4n) is 1.84. The van der Waals surface area contributed by atoms with Crippen molar-refractivity contribution in [3.05, 3.63) is 12.2 Å². The van der Waals surface area contributed by atoms with Crippen molar-refractivity contribution >= 4 is 23.6 Å². The van der Waals surface area contributed by atoms with Gasteiger partial charge in [-0.05, 0) is 12.8 Å². The molecule has 3 N–H and O–H groups in total. The van der Waals surface area contributed by atoms with Crippen LogP contribution in [-0.2, 0) is 19.2 Å². The van der Waals surface area contributed by atoms with E-state index < -0.39 is 5.91 Å². The van der Waals surface area contributed by atoms with Gasteiger partial charge in [-0.1, -0.05) is 13.3 Å². The third kappa shape index (κ3) is 5.76. The van der Waals surface area contributed by atoms with Crippen molar-refractivity contribution < 1.29 is 19.2 Å². The van der Waals surface area contributed by atoms with E-state index in [4.69, 9.17) is 5.73 Å². The van der Waals surface area contributed by atoms with E-state index in [9.17, 15) is 19.2 Å². The van der Waals surface area contributed by atoms with E-state index >= 15 is 0 Å². The monoisotopic (exact) mass is 295 g/mol. The van der Waals surface area contributed by atoms with E-state index in [-0.39, 0.29) is 30.2 Å². The Morgan fingerprint density at radius 3 is 2.38 bits per heavy atom. The highest BCUT2D eigenvalue weighted by Gasteiger charge is 2.22. The second-order valence-electron chi connectivity index (χ2n) is 5.08. The van der Waals surface area contributed by atoms with Gasteiger partial charge in [-0.15, -0.1) is 0 Å². The number of rotatable bonds is 9. The average Bonchev–Trinajstić information content (AvgIpc) is 2.75. The lowest BCUT2D eigenvalue weighted by Crippen LogP contribution is -2.34. The second-order valence-corrected chi connectivity index (χ2v) is 5.08. The van der Waals surface area contributed by atoms with Crippen molar-refractivity contribution in [2.75, 3.05) is 13.1 Å². The zero-order chi connectivity index (χ0) is 15.8. The quantitative estimate of drug-likeness (QED) is 0.450. The number of hydrogen-bond acceptors (Lipinski definition) is 4. The van der Waals surface area contributed by atoms with Crippen LogP contribution >= 0.6 is 0 Å². The molecule has 0 radical (unpaired) electrons. The molecule has 116 valence electrons. The first kappa shape index (κ1) is 16.9. The molecule has 0 saturated carbocycles. The Morgan fingerprint density at radius 2 is 1.81 bits per heavy atom. The summed E-state index contributed by atoms with van der Waals surface area (Å²) >= 11 is 0. The van der Waals surface area contributed by atoms with Crippen molar-refractivity contribution in [1.29, 1.82) is 0 Å². The highest BCUT2D eigenvalue weighted by molar-refractivity contribution is 6.12. The summed E-state index contributed by atoms with van der Waals surface area (Å²) in [6, 6.07) is 0. The van der Waals surface area contributed by atoms with Gasteiger partial charge in [-0.3, -0.25) is 24.1 Å². The Balaban J connectivity index is 2.06. The summed E-state index contributed by atoms with van der Waals surface area (Å²) < 4.78 is 0. The zero-order valence-electron chi connectivity index (χ0n) is 12.1. The van der Waals surface area contributed by atoms with E-state index in [1.807, 2.05) is 0 Å². The van der Waals surface area contributed by atoms with Gasteiger partial charge in [0.25, 0.3) is 11.8 Å². The molecular weight excluding hydrogens is 274 g/mol. The lowest BCUT2D eigenvalue weighted by molar-refractivity contribution is -0.137. The molecule has 21 heavy (non-hydrogen) atoms. The standard InChI is InChI=1S/C14H21N3O4/c1-10(14(15)21)9-16-11(18)5-3-2-4-8-17-12(19)6-7-13(17)20/h6-7,10H,2-5,8-9H2,1H3,(H2,15,21)(H,16,18)/t10-/m1/s1. The van der Waals surface area contributed by atoms with Crippen LogP contribution in [0.5, 0.6) is 0 Å². The molecule has 0 spiro atoms. The molecule has 0 bridgehead atoms. The minimum atomic E-state index is -0.441. The molecule has 0 aromatic carbocycles. The van der Waals surface area contributed by atoms with E-state index in [0.717, 1.165) is 6.42 Å². The first-order chi connectivity index (χ1) is 9.91. The van der Waals surface area contributed by atoms with Gasteiger partial charge in [0.15, 0.2) is 0 Å². The molecule has 0 fully saturated rings. The normalized spacial score (nSPS) is 15.4. The molecule has 0 saturated heterocycles. The molecule has 1 heterocycles. The van der Waals surface area contributed by atoms with Gasteiger partial charge in [0.1, 0.15) is 0 Å². The highest BCUT2D eigenvalue weighted by atomic mass is 16.2. The topological polar surface area (TPSA) is 110 Å². The largest absolute Gasteiger partial charge is 0.369 e. The summed E-state index contributed by atoms with van der Waals surface area (Å²) in [4.78, 5) is 46.0. The third-order valence-electron chi connectivity index (χ3n) is 3.28. The number of carbonyl (C=O) groups excluding carboxylic acids is 4. The fraction of sp³-hybridized carbons (Fsp3) is 0.571. The molecule has 1 aliphatic rings.